The van der Waals surface area contributed by atoms with Gasteiger partial charge in [0.05, 0.1) is 5.69 Å². The third-order valence-electron chi connectivity index (χ3n) is 4.90. The number of rotatable bonds is 5. The van der Waals surface area contributed by atoms with Crippen molar-refractivity contribution in [2.24, 2.45) is 0 Å². The number of aromatic nitrogens is 4. The van der Waals surface area contributed by atoms with Crippen LogP contribution in [0.2, 0.25) is 0 Å². The van der Waals surface area contributed by atoms with E-state index in [2.05, 4.69) is 25.7 Å². The quantitative estimate of drug-likeness (QED) is 0.477. The minimum absolute atomic E-state index is 0.214. The highest BCUT2D eigenvalue weighted by molar-refractivity contribution is 6.06. The Balaban J connectivity index is 1.52. The van der Waals surface area contributed by atoms with Gasteiger partial charge in [-0.3, -0.25) is 9.59 Å². The van der Waals surface area contributed by atoms with Gasteiger partial charge in [-0.25, -0.2) is 9.97 Å². The second-order valence-corrected chi connectivity index (χ2v) is 8.48. The normalized spacial score (nSPS) is 11.1. The molecule has 0 atom stereocenters. The third-order valence-corrected chi connectivity index (χ3v) is 4.90. The first-order valence-electron chi connectivity index (χ1n) is 10.5. The fourth-order valence-corrected chi connectivity index (χ4v) is 3.08. The Morgan fingerprint density at radius 3 is 2.03 bits per heavy atom. The molecule has 2 amide bonds. The van der Waals surface area contributed by atoms with E-state index in [1.54, 1.807) is 67.0 Å². The second-order valence-electron chi connectivity index (χ2n) is 8.48. The van der Waals surface area contributed by atoms with Crippen molar-refractivity contribution >= 4 is 23.3 Å². The average molecular weight is 441 g/mol. The molecular formula is C25H24N6O2. The minimum Gasteiger partial charge on any atom is -0.322 e. The number of nitrogens with one attached hydrogen (secondary N) is 2. The zero-order valence-electron chi connectivity index (χ0n) is 18.6. The summed E-state index contributed by atoms with van der Waals surface area (Å²) in [6, 6.07) is 19.2. The van der Waals surface area contributed by atoms with Gasteiger partial charge in [0.15, 0.2) is 0 Å². The molecule has 0 unspecified atom stereocenters. The lowest BCUT2D eigenvalue weighted by molar-refractivity contribution is 0.101. The van der Waals surface area contributed by atoms with E-state index in [-0.39, 0.29) is 17.2 Å². The van der Waals surface area contributed by atoms with Gasteiger partial charge < -0.3 is 10.6 Å². The summed E-state index contributed by atoms with van der Waals surface area (Å²) in [7, 11) is 0. The molecule has 0 aliphatic carbocycles. The van der Waals surface area contributed by atoms with Crippen LogP contribution in [0.15, 0.2) is 79.1 Å². The molecule has 0 aliphatic rings. The van der Waals surface area contributed by atoms with Crippen LogP contribution in [0.25, 0.3) is 5.95 Å². The molecule has 2 aromatic heterocycles. The van der Waals surface area contributed by atoms with Crippen LogP contribution in [0.5, 0.6) is 0 Å². The maximum Gasteiger partial charge on any atom is 0.256 e. The highest BCUT2D eigenvalue weighted by Gasteiger charge is 2.22. The molecule has 0 fully saturated rings. The maximum absolute atomic E-state index is 12.9. The summed E-state index contributed by atoms with van der Waals surface area (Å²) in [4.78, 5) is 33.7. The Kier molecular flexibility index (Phi) is 5.99. The van der Waals surface area contributed by atoms with E-state index in [1.807, 2.05) is 32.9 Å². The van der Waals surface area contributed by atoms with E-state index < -0.39 is 0 Å². The van der Waals surface area contributed by atoms with Crippen LogP contribution in [0.1, 0.15) is 47.2 Å². The van der Waals surface area contributed by atoms with Crippen molar-refractivity contribution < 1.29 is 9.59 Å². The molecule has 2 N–H and O–H groups in total. The molecule has 0 saturated heterocycles. The smallest absolute Gasteiger partial charge is 0.256 e. The number of carbonyl (C=O) groups is 2. The predicted octanol–water partition coefficient (Wildman–Crippen LogP) is 4.46. The van der Waals surface area contributed by atoms with Gasteiger partial charge in [-0.2, -0.15) is 9.78 Å². The maximum atomic E-state index is 12.9. The first-order chi connectivity index (χ1) is 15.8. The fraction of sp³-hybridized carbons (Fsp3) is 0.160. The first-order valence-corrected chi connectivity index (χ1v) is 10.5. The summed E-state index contributed by atoms with van der Waals surface area (Å²) in [5.41, 5.74) is 2.16. The Labute approximate surface area is 191 Å². The van der Waals surface area contributed by atoms with Crippen LogP contribution < -0.4 is 10.6 Å². The lowest BCUT2D eigenvalue weighted by Crippen LogP contribution is -2.16. The Morgan fingerprint density at radius 2 is 1.39 bits per heavy atom. The summed E-state index contributed by atoms with van der Waals surface area (Å²) in [6.07, 6.45) is 3.24. The van der Waals surface area contributed by atoms with Crippen molar-refractivity contribution in [2.75, 3.05) is 10.6 Å². The molecule has 2 aromatic carbocycles. The Morgan fingerprint density at radius 1 is 0.788 bits per heavy atom. The van der Waals surface area contributed by atoms with Gasteiger partial charge in [-0.1, -0.05) is 39.0 Å². The number of hydrogen-bond acceptors (Lipinski definition) is 5. The van der Waals surface area contributed by atoms with Crippen molar-refractivity contribution in [2.45, 2.75) is 26.2 Å². The van der Waals surface area contributed by atoms with Crippen molar-refractivity contribution in [3.63, 3.8) is 0 Å². The van der Waals surface area contributed by atoms with Crippen LogP contribution in [-0.2, 0) is 5.41 Å². The van der Waals surface area contributed by atoms with Crippen LogP contribution >= 0.6 is 0 Å². The number of benzene rings is 2. The summed E-state index contributed by atoms with van der Waals surface area (Å²) < 4.78 is 1.52. The molecular weight excluding hydrogens is 416 g/mol. The van der Waals surface area contributed by atoms with E-state index in [4.69, 9.17) is 0 Å². The summed E-state index contributed by atoms with van der Waals surface area (Å²) in [6.45, 7) is 6.12. The van der Waals surface area contributed by atoms with E-state index >= 15 is 0 Å². The summed E-state index contributed by atoms with van der Waals surface area (Å²) in [5.74, 6) is 0.308. The molecule has 2 heterocycles. The molecule has 0 aliphatic heterocycles. The number of carbonyl (C=O) groups excluding carboxylic acids is 2. The van der Waals surface area contributed by atoms with Crippen LogP contribution in [-0.4, -0.2) is 31.6 Å². The van der Waals surface area contributed by atoms with Gasteiger partial charge in [-0.05, 0) is 42.5 Å². The van der Waals surface area contributed by atoms with Gasteiger partial charge in [0, 0.05) is 40.7 Å². The van der Waals surface area contributed by atoms with Crippen molar-refractivity contribution in [3.05, 3.63) is 95.9 Å². The van der Waals surface area contributed by atoms with Crippen LogP contribution in [0.3, 0.4) is 0 Å². The zero-order chi connectivity index (χ0) is 23.4. The van der Waals surface area contributed by atoms with Gasteiger partial charge in [0.2, 0.25) is 0 Å². The molecule has 0 spiro atoms. The van der Waals surface area contributed by atoms with Crippen molar-refractivity contribution in [1.82, 2.24) is 19.7 Å². The molecule has 4 rings (SSSR count). The van der Waals surface area contributed by atoms with E-state index in [9.17, 15) is 9.59 Å². The lowest BCUT2D eigenvalue weighted by Gasteiger charge is -2.13. The number of hydrogen-bond donors (Lipinski definition) is 2. The standard InChI is InChI=1S/C25H24N6O2/c1-25(2,3)20-16-21(31(30-20)24-26-14-7-15-27-24)29-23(33)18-10-12-19(13-11-18)28-22(32)17-8-5-4-6-9-17/h4-16H,1-3H3,(H,28,32)(H,29,33). The molecule has 8 nitrogen and oxygen atoms in total. The SMILES string of the molecule is CC(C)(C)c1cc(NC(=O)c2ccc(NC(=O)c3ccccc3)cc2)n(-c2ncccn2)n1. The van der Waals surface area contributed by atoms with E-state index in [0.717, 1.165) is 5.69 Å². The molecule has 0 radical (unpaired) electrons. The predicted molar refractivity (Wildman–Crippen MR) is 127 cm³/mol. The summed E-state index contributed by atoms with van der Waals surface area (Å²) >= 11 is 0. The monoisotopic (exact) mass is 440 g/mol. The lowest BCUT2D eigenvalue weighted by atomic mass is 9.92. The molecule has 166 valence electrons. The number of anilines is 2. The molecule has 8 heteroatoms. The second kappa shape index (κ2) is 9.04. The van der Waals surface area contributed by atoms with E-state index in [1.165, 1.54) is 4.68 Å². The highest BCUT2D eigenvalue weighted by Crippen LogP contribution is 2.25. The number of nitrogens with zero attached hydrogens (tertiary/aromatic N) is 4. The zero-order valence-corrected chi connectivity index (χ0v) is 18.6. The fourth-order valence-electron chi connectivity index (χ4n) is 3.08. The van der Waals surface area contributed by atoms with Crippen molar-refractivity contribution in [1.29, 1.82) is 0 Å². The van der Waals surface area contributed by atoms with Gasteiger partial charge in [0.25, 0.3) is 17.8 Å². The van der Waals surface area contributed by atoms with Gasteiger partial charge in [-0.15, -0.1) is 0 Å². The molecule has 0 saturated carbocycles. The first kappa shape index (κ1) is 21.9. The van der Waals surface area contributed by atoms with Gasteiger partial charge >= 0.3 is 0 Å². The van der Waals surface area contributed by atoms with Gasteiger partial charge in [0.1, 0.15) is 5.82 Å². The number of amides is 2. The highest BCUT2D eigenvalue weighted by atomic mass is 16.2. The topological polar surface area (TPSA) is 102 Å². The molecule has 4 aromatic rings. The van der Waals surface area contributed by atoms with Crippen LogP contribution in [0, 0.1) is 0 Å². The third kappa shape index (κ3) is 5.12. The Hall–Kier alpha value is -4.33. The summed E-state index contributed by atoms with van der Waals surface area (Å²) in [5, 5.41) is 10.3. The largest absolute Gasteiger partial charge is 0.322 e. The molecule has 0 bridgehead atoms. The minimum atomic E-state index is -0.312. The average Bonchev–Trinajstić information content (AvgIpc) is 3.25. The Bertz CT molecular complexity index is 1260. The van der Waals surface area contributed by atoms with Crippen molar-refractivity contribution in [3.8, 4) is 5.95 Å². The molecule has 33 heavy (non-hydrogen) atoms. The van der Waals surface area contributed by atoms with E-state index in [0.29, 0.717) is 28.6 Å². The van der Waals surface area contributed by atoms with Crippen LogP contribution in [0.4, 0.5) is 11.5 Å².